The molecule has 1 aromatic heterocycles. The zero-order chi connectivity index (χ0) is 10.8. The van der Waals surface area contributed by atoms with Gasteiger partial charge in [0.25, 0.3) is 0 Å². The molecule has 5 nitrogen and oxygen atoms in total. The third-order valence-corrected chi connectivity index (χ3v) is 1.57. The summed E-state index contributed by atoms with van der Waals surface area (Å²) in [5, 5.41) is 10.2. The van der Waals surface area contributed by atoms with Gasteiger partial charge in [0, 0.05) is 0 Å². The van der Waals surface area contributed by atoms with E-state index in [-0.39, 0.29) is 12.4 Å². The molecule has 0 amide bonds. The number of nitrogens with two attached hydrogens (primary N) is 1. The molecule has 14 heavy (non-hydrogen) atoms. The van der Waals surface area contributed by atoms with Crippen LogP contribution in [0.25, 0.3) is 0 Å². The molecule has 0 bridgehead atoms. The van der Waals surface area contributed by atoms with Crippen LogP contribution in [0.4, 0.5) is 13.2 Å². The Morgan fingerprint density at radius 3 is 2.64 bits per heavy atom. The van der Waals surface area contributed by atoms with Gasteiger partial charge >= 0.3 is 6.18 Å². The van der Waals surface area contributed by atoms with E-state index in [9.17, 15) is 13.2 Å². The van der Waals surface area contributed by atoms with Crippen LogP contribution in [0, 0.1) is 0 Å². The van der Waals surface area contributed by atoms with Crippen molar-refractivity contribution in [3.8, 4) is 0 Å². The Kier molecular flexibility index (Phi) is 3.04. The molecule has 0 aliphatic carbocycles. The Bertz CT molecular complexity index is 292. The first-order chi connectivity index (χ1) is 6.40. The van der Waals surface area contributed by atoms with E-state index in [1.165, 1.54) is 0 Å². The maximum absolute atomic E-state index is 11.9. The average molecular weight is 209 g/mol. The quantitative estimate of drug-likeness (QED) is 0.793. The molecule has 0 radical (unpaired) electrons. The molecule has 2 N–H and O–H groups in total. The maximum Gasteiger partial charge on any atom is 0.390 e. The molecule has 1 atom stereocenters. The Morgan fingerprint density at radius 2 is 2.14 bits per heavy atom. The van der Waals surface area contributed by atoms with Gasteiger partial charge in [-0.2, -0.15) is 13.2 Å². The monoisotopic (exact) mass is 209 g/mol. The van der Waals surface area contributed by atoms with Crippen molar-refractivity contribution in [2.45, 2.75) is 32.1 Å². The van der Waals surface area contributed by atoms with Gasteiger partial charge in [0.15, 0.2) is 5.82 Å². The van der Waals surface area contributed by atoms with Gasteiger partial charge in [-0.25, -0.2) is 4.68 Å². The fourth-order valence-electron chi connectivity index (χ4n) is 0.930. The molecule has 0 spiro atoms. The highest BCUT2D eigenvalue weighted by Crippen LogP contribution is 2.20. The van der Waals surface area contributed by atoms with Crippen LogP contribution in [0.3, 0.4) is 0 Å². The molecular weight excluding hydrogens is 199 g/mol. The summed E-state index contributed by atoms with van der Waals surface area (Å²) in [6, 6.07) is -0.474. The number of tetrazole rings is 1. The van der Waals surface area contributed by atoms with E-state index in [0.717, 1.165) is 4.68 Å². The van der Waals surface area contributed by atoms with E-state index >= 15 is 0 Å². The van der Waals surface area contributed by atoms with Crippen LogP contribution in [-0.2, 0) is 6.54 Å². The fourth-order valence-corrected chi connectivity index (χ4v) is 0.930. The van der Waals surface area contributed by atoms with Gasteiger partial charge in [-0.1, -0.05) is 0 Å². The Hall–Kier alpha value is -1.18. The largest absolute Gasteiger partial charge is 0.390 e. The van der Waals surface area contributed by atoms with Crippen LogP contribution in [0.15, 0.2) is 0 Å². The fraction of sp³-hybridized carbons (Fsp3) is 0.833. The van der Waals surface area contributed by atoms with Crippen LogP contribution in [0.1, 0.15) is 25.2 Å². The van der Waals surface area contributed by atoms with Crippen molar-refractivity contribution in [1.29, 1.82) is 0 Å². The molecule has 0 aromatic carbocycles. The topological polar surface area (TPSA) is 69.6 Å². The third kappa shape index (κ3) is 2.95. The predicted molar refractivity (Wildman–Crippen MR) is 41.1 cm³/mol. The lowest BCUT2D eigenvalue weighted by molar-refractivity contribution is -0.137. The molecule has 1 unspecified atom stereocenters. The summed E-state index contributed by atoms with van der Waals surface area (Å²) in [6.07, 6.45) is -5.17. The van der Waals surface area contributed by atoms with Gasteiger partial charge in [0.05, 0.1) is 19.0 Å². The van der Waals surface area contributed by atoms with Crippen molar-refractivity contribution >= 4 is 0 Å². The minimum atomic E-state index is -4.21. The molecule has 0 saturated heterocycles. The number of rotatable bonds is 3. The number of hydrogen-bond donors (Lipinski definition) is 1. The second-order valence-corrected chi connectivity index (χ2v) is 2.91. The molecular formula is C6H10F3N5. The number of nitrogens with zero attached hydrogens (tertiary/aromatic N) is 4. The second-order valence-electron chi connectivity index (χ2n) is 2.91. The summed E-state index contributed by atoms with van der Waals surface area (Å²) in [5.74, 6) is 0.259. The van der Waals surface area contributed by atoms with Gasteiger partial charge in [0.1, 0.15) is 0 Å². The zero-order valence-electron chi connectivity index (χ0n) is 7.49. The van der Waals surface area contributed by atoms with E-state index in [0.29, 0.717) is 0 Å². The van der Waals surface area contributed by atoms with E-state index in [1.807, 2.05) is 0 Å². The van der Waals surface area contributed by atoms with Crippen molar-refractivity contribution in [2.24, 2.45) is 5.73 Å². The van der Waals surface area contributed by atoms with Gasteiger partial charge < -0.3 is 5.73 Å². The molecule has 0 aliphatic heterocycles. The molecule has 0 fully saturated rings. The number of alkyl halides is 3. The predicted octanol–water partition coefficient (Wildman–Crippen LogP) is 0.645. The van der Waals surface area contributed by atoms with Crippen molar-refractivity contribution in [1.82, 2.24) is 20.2 Å². The number of halogens is 3. The van der Waals surface area contributed by atoms with Crippen molar-refractivity contribution in [3.05, 3.63) is 5.82 Å². The van der Waals surface area contributed by atoms with E-state index < -0.39 is 18.6 Å². The first kappa shape index (κ1) is 10.9. The van der Waals surface area contributed by atoms with Crippen LogP contribution in [0.2, 0.25) is 0 Å². The number of aromatic nitrogens is 4. The van der Waals surface area contributed by atoms with E-state index in [4.69, 9.17) is 5.73 Å². The molecule has 0 saturated carbocycles. The summed E-state index contributed by atoms with van der Waals surface area (Å²) in [4.78, 5) is 0. The van der Waals surface area contributed by atoms with E-state index in [1.54, 1.807) is 6.92 Å². The summed E-state index contributed by atoms with van der Waals surface area (Å²) in [7, 11) is 0. The molecule has 1 heterocycles. The van der Waals surface area contributed by atoms with Crippen LogP contribution >= 0.6 is 0 Å². The summed E-state index contributed by atoms with van der Waals surface area (Å²) < 4.78 is 36.7. The zero-order valence-corrected chi connectivity index (χ0v) is 7.49. The lowest BCUT2D eigenvalue weighted by atomic mass is 10.3. The lowest BCUT2D eigenvalue weighted by Crippen LogP contribution is -2.18. The van der Waals surface area contributed by atoms with Gasteiger partial charge in [0.2, 0.25) is 0 Å². The molecule has 0 aliphatic rings. The minimum Gasteiger partial charge on any atom is -0.322 e. The molecule has 80 valence electrons. The Morgan fingerprint density at radius 1 is 1.50 bits per heavy atom. The second kappa shape index (κ2) is 3.91. The molecule has 8 heteroatoms. The normalized spacial score (nSPS) is 14.4. The number of hydrogen-bond acceptors (Lipinski definition) is 4. The lowest BCUT2D eigenvalue weighted by Gasteiger charge is -2.08. The van der Waals surface area contributed by atoms with Crippen LogP contribution in [-0.4, -0.2) is 26.4 Å². The standard InChI is InChI=1S/C6H10F3N5/c1-4(10)5-11-12-13-14(5)3-2-6(7,8)9/h4H,2-3,10H2,1H3. The van der Waals surface area contributed by atoms with Crippen molar-refractivity contribution < 1.29 is 13.2 Å². The average Bonchev–Trinajstić information content (AvgIpc) is 2.46. The highest BCUT2D eigenvalue weighted by atomic mass is 19.4. The van der Waals surface area contributed by atoms with Crippen LogP contribution in [0.5, 0.6) is 0 Å². The summed E-state index contributed by atoms with van der Waals surface area (Å²) >= 11 is 0. The molecule has 1 aromatic rings. The van der Waals surface area contributed by atoms with Gasteiger partial charge in [-0.05, 0) is 17.4 Å². The summed E-state index contributed by atoms with van der Waals surface area (Å²) in [5.41, 5.74) is 5.45. The van der Waals surface area contributed by atoms with Gasteiger partial charge in [-0.15, -0.1) is 5.10 Å². The first-order valence-corrected chi connectivity index (χ1v) is 3.98. The Balaban J connectivity index is 2.63. The van der Waals surface area contributed by atoms with Crippen molar-refractivity contribution in [2.75, 3.05) is 0 Å². The van der Waals surface area contributed by atoms with Crippen LogP contribution < -0.4 is 5.73 Å². The van der Waals surface area contributed by atoms with E-state index in [2.05, 4.69) is 15.5 Å². The van der Waals surface area contributed by atoms with Crippen molar-refractivity contribution in [3.63, 3.8) is 0 Å². The highest BCUT2D eigenvalue weighted by molar-refractivity contribution is 4.87. The minimum absolute atomic E-state index is 0.259. The maximum atomic E-state index is 11.9. The number of aryl methyl sites for hydroxylation is 1. The Labute approximate surface area is 78.1 Å². The smallest absolute Gasteiger partial charge is 0.322 e. The molecule has 1 rings (SSSR count). The highest BCUT2D eigenvalue weighted by Gasteiger charge is 2.27. The summed E-state index contributed by atoms with van der Waals surface area (Å²) in [6.45, 7) is 1.31. The first-order valence-electron chi connectivity index (χ1n) is 3.98. The SMILES string of the molecule is CC(N)c1nnnn1CCC(F)(F)F. The third-order valence-electron chi connectivity index (χ3n) is 1.57. The van der Waals surface area contributed by atoms with Gasteiger partial charge in [-0.3, -0.25) is 0 Å².